The average Bonchev–Trinajstić information content (AvgIpc) is 2.27. The van der Waals surface area contributed by atoms with Gasteiger partial charge in [0.25, 0.3) is 0 Å². The molecule has 6 heteroatoms. The minimum atomic E-state index is -3.54. The molecule has 0 saturated heterocycles. The lowest BCUT2D eigenvalue weighted by atomic mass is 10.2. The van der Waals surface area contributed by atoms with Crippen LogP contribution in [0.15, 0.2) is 23.1 Å². The van der Waals surface area contributed by atoms with Crippen molar-refractivity contribution in [3.8, 4) is 5.75 Å². The highest BCUT2D eigenvalue weighted by Gasteiger charge is 2.25. The summed E-state index contributed by atoms with van der Waals surface area (Å²) in [6.45, 7) is 2.88. The smallest absolute Gasteiger partial charge is 0.181 e. The number of Topliss-reactive ketones (excluding diaryl/α,β-unsaturated/α-hetero) is 1. The Morgan fingerprint density at radius 3 is 2.50 bits per heavy atom. The van der Waals surface area contributed by atoms with Crippen molar-refractivity contribution in [1.82, 2.24) is 0 Å². The Morgan fingerprint density at radius 1 is 1.44 bits per heavy atom. The van der Waals surface area contributed by atoms with Gasteiger partial charge in [-0.3, -0.25) is 4.79 Å². The molecule has 18 heavy (non-hydrogen) atoms. The highest BCUT2D eigenvalue weighted by molar-refractivity contribution is 7.92. The van der Waals surface area contributed by atoms with E-state index in [1.165, 1.54) is 39.2 Å². The SMILES string of the molecule is COc1ccc(S(=O)(=O)C(C)CC(C)=O)cc1Cl. The van der Waals surface area contributed by atoms with Gasteiger partial charge in [0.15, 0.2) is 9.84 Å². The van der Waals surface area contributed by atoms with Gasteiger partial charge in [-0.15, -0.1) is 0 Å². The second-order valence-corrected chi connectivity index (χ2v) is 6.83. The molecule has 0 spiro atoms. The maximum atomic E-state index is 12.2. The summed E-state index contributed by atoms with van der Waals surface area (Å²) in [5, 5.41) is -0.534. The number of benzene rings is 1. The van der Waals surface area contributed by atoms with E-state index in [4.69, 9.17) is 16.3 Å². The molecule has 0 fully saturated rings. The number of hydrogen-bond donors (Lipinski definition) is 0. The van der Waals surface area contributed by atoms with Gasteiger partial charge in [0.1, 0.15) is 11.5 Å². The van der Waals surface area contributed by atoms with E-state index in [9.17, 15) is 13.2 Å². The molecule has 1 aromatic rings. The van der Waals surface area contributed by atoms with Crippen LogP contribution < -0.4 is 4.74 Å². The van der Waals surface area contributed by atoms with Crippen molar-refractivity contribution in [3.63, 3.8) is 0 Å². The molecule has 0 aliphatic rings. The monoisotopic (exact) mass is 290 g/mol. The van der Waals surface area contributed by atoms with Crippen LogP contribution in [0, 0.1) is 0 Å². The molecule has 0 aliphatic carbocycles. The lowest BCUT2D eigenvalue weighted by Gasteiger charge is -2.12. The van der Waals surface area contributed by atoms with Crippen LogP contribution in [-0.2, 0) is 14.6 Å². The lowest BCUT2D eigenvalue weighted by Crippen LogP contribution is -2.20. The summed E-state index contributed by atoms with van der Waals surface area (Å²) in [5.41, 5.74) is 0. The fourth-order valence-electron chi connectivity index (χ4n) is 1.57. The Morgan fingerprint density at radius 2 is 2.06 bits per heavy atom. The Bertz CT molecular complexity index is 551. The second-order valence-electron chi connectivity index (χ2n) is 4.06. The van der Waals surface area contributed by atoms with Gasteiger partial charge in [0.05, 0.1) is 22.3 Å². The molecular weight excluding hydrogens is 276 g/mol. The van der Waals surface area contributed by atoms with Crippen LogP contribution in [0.1, 0.15) is 20.3 Å². The first-order valence-corrected chi connectivity index (χ1v) is 7.28. The number of hydrogen-bond acceptors (Lipinski definition) is 4. The molecule has 0 heterocycles. The zero-order valence-electron chi connectivity index (χ0n) is 10.4. The summed E-state index contributed by atoms with van der Waals surface area (Å²) >= 11 is 5.89. The Hall–Kier alpha value is -1.07. The van der Waals surface area contributed by atoms with Crippen LogP contribution in [0.3, 0.4) is 0 Å². The van der Waals surface area contributed by atoms with Crippen LogP contribution in [0.2, 0.25) is 5.02 Å². The third-order valence-corrected chi connectivity index (χ3v) is 4.99. The molecule has 4 nitrogen and oxygen atoms in total. The first-order valence-electron chi connectivity index (χ1n) is 5.36. The Kier molecular flexibility index (Phi) is 4.76. The van der Waals surface area contributed by atoms with E-state index in [1.54, 1.807) is 0 Å². The first kappa shape index (κ1) is 15.0. The second kappa shape index (κ2) is 5.71. The van der Waals surface area contributed by atoms with Crippen molar-refractivity contribution in [2.24, 2.45) is 0 Å². The van der Waals surface area contributed by atoms with Crippen molar-refractivity contribution in [1.29, 1.82) is 0 Å². The molecular formula is C12H15ClO4S. The number of halogens is 1. The molecule has 0 N–H and O–H groups in total. The molecule has 1 rings (SSSR count). The van der Waals surface area contributed by atoms with E-state index in [-0.39, 0.29) is 22.1 Å². The molecule has 100 valence electrons. The molecule has 1 unspecified atom stereocenters. The molecule has 1 atom stereocenters. The van der Waals surface area contributed by atoms with E-state index in [2.05, 4.69) is 0 Å². The van der Waals surface area contributed by atoms with Crippen LogP contribution in [0.5, 0.6) is 5.75 Å². The zero-order valence-corrected chi connectivity index (χ0v) is 12.0. The molecule has 0 aromatic heterocycles. The molecule has 0 saturated carbocycles. The molecule has 1 aromatic carbocycles. The van der Waals surface area contributed by atoms with E-state index >= 15 is 0 Å². The predicted molar refractivity (Wildman–Crippen MR) is 69.9 cm³/mol. The van der Waals surface area contributed by atoms with Crippen molar-refractivity contribution in [2.75, 3.05) is 7.11 Å². The number of ether oxygens (including phenoxy) is 1. The number of sulfone groups is 1. The number of carbonyl (C=O) groups excluding carboxylic acids is 1. The van der Waals surface area contributed by atoms with Gasteiger partial charge in [-0.05, 0) is 32.0 Å². The Balaban J connectivity index is 3.13. The topological polar surface area (TPSA) is 60.4 Å². The van der Waals surface area contributed by atoms with E-state index in [0.29, 0.717) is 5.75 Å². The largest absolute Gasteiger partial charge is 0.495 e. The average molecular weight is 291 g/mol. The number of rotatable bonds is 5. The number of carbonyl (C=O) groups is 1. The normalized spacial score (nSPS) is 13.1. The van der Waals surface area contributed by atoms with Gasteiger partial charge in [0.2, 0.25) is 0 Å². The van der Waals surface area contributed by atoms with Crippen LogP contribution in [0.25, 0.3) is 0 Å². The van der Waals surface area contributed by atoms with Crippen molar-refractivity contribution in [3.05, 3.63) is 23.2 Å². The van der Waals surface area contributed by atoms with Gasteiger partial charge < -0.3 is 4.74 Å². The van der Waals surface area contributed by atoms with E-state index in [0.717, 1.165) is 0 Å². The summed E-state index contributed by atoms with van der Waals surface area (Å²) in [4.78, 5) is 11.1. The molecule has 0 bridgehead atoms. The first-order chi connectivity index (χ1) is 8.28. The summed E-state index contributed by atoms with van der Waals surface area (Å²) in [6.07, 6.45) is -0.00795. The van der Waals surface area contributed by atoms with Crippen molar-refractivity contribution in [2.45, 2.75) is 30.4 Å². The minimum absolute atomic E-state index is 0.00795. The minimum Gasteiger partial charge on any atom is -0.495 e. The third kappa shape index (κ3) is 3.23. The fraction of sp³-hybridized carbons (Fsp3) is 0.417. The van der Waals surface area contributed by atoms with Crippen molar-refractivity contribution < 1.29 is 17.9 Å². The van der Waals surface area contributed by atoms with Gasteiger partial charge in [-0.25, -0.2) is 8.42 Å². The van der Waals surface area contributed by atoms with Crippen LogP contribution in [-0.4, -0.2) is 26.6 Å². The zero-order chi connectivity index (χ0) is 13.9. The Labute approximate surface area is 112 Å². The molecule has 0 radical (unpaired) electrons. The van der Waals surface area contributed by atoms with E-state index in [1.807, 2.05) is 0 Å². The number of methoxy groups -OCH3 is 1. The van der Waals surface area contributed by atoms with E-state index < -0.39 is 15.1 Å². The highest BCUT2D eigenvalue weighted by Crippen LogP contribution is 2.29. The summed E-state index contributed by atoms with van der Waals surface area (Å²) in [6, 6.07) is 4.26. The third-order valence-electron chi connectivity index (χ3n) is 2.56. The maximum Gasteiger partial charge on any atom is 0.181 e. The maximum absolute atomic E-state index is 12.2. The van der Waals surface area contributed by atoms with Crippen LogP contribution in [0.4, 0.5) is 0 Å². The van der Waals surface area contributed by atoms with Gasteiger partial charge in [-0.2, -0.15) is 0 Å². The summed E-state index contributed by atoms with van der Waals surface area (Å²) < 4.78 is 29.3. The van der Waals surface area contributed by atoms with Gasteiger partial charge >= 0.3 is 0 Å². The van der Waals surface area contributed by atoms with Gasteiger partial charge in [0, 0.05) is 6.42 Å². The van der Waals surface area contributed by atoms with Gasteiger partial charge in [-0.1, -0.05) is 11.6 Å². The highest BCUT2D eigenvalue weighted by atomic mass is 35.5. The lowest BCUT2D eigenvalue weighted by molar-refractivity contribution is -0.116. The molecule has 0 amide bonds. The quantitative estimate of drug-likeness (QED) is 0.836. The molecule has 0 aliphatic heterocycles. The van der Waals surface area contributed by atoms with Crippen LogP contribution >= 0.6 is 11.6 Å². The number of ketones is 1. The van der Waals surface area contributed by atoms with Crippen molar-refractivity contribution >= 4 is 27.2 Å². The summed E-state index contributed by atoms with van der Waals surface area (Å²) in [7, 11) is -2.09. The summed E-state index contributed by atoms with van der Waals surface area (Å²) in [5.74, 6) is 0.250. The predicted octanol–water partition coefficient (Wildman–Crippen LogP) is 2.49. The standard InChI is InChI=1S/C12H15ClO4S/c1-8(14)6-9(2)18(15,16)10-4-5-12(17-3)11(13)7-10/h4-5,7,9H,6H2,1-3H3. The fourth-order valence-corrected chi connectivity index (χ4v) is 3.35.